The van der Waals surface area contributed by atoms with Crippen LogP contribution in [0.3, 0.4) is 0 Å². The molecular weight excluding hydrogens is 529 g/mol. The fourth-order valence-electron chi connectivity index (χ4n) is 3.46. The van der Waals surface area contributed by atoms with Crippen LogP contribution in [-0.4, -0.2) is 35.9 Å². The molecule has 0 unspecified atom stereocenters. The zero-order chi connectivity index (χ0) is 25.8. The Labute approximate surface area is 222 Å². The predicted octanol–water partition coefficient (Wildman–Crippen LogP) is 5.99. The van der Waals surface area contributed by atoms with Crippen molar-refractivity contribution in [3.8, 4) is 11.3 Å². The molecule has 2 aromatic carbocycles. The van der Waals surface area contributed by atoms with E-state index in [1.165, 1.54) is 46.3 Å². The third-order valence-electron chi connectivity index (χ3n) is 5.18. The molecule has 0 saturated carbocycles. The van der Waals surface area contributed by atoms with Gasteiger partial charge in [0.15, 0.2) is 10.3 Å². The van der Waals surface area contributed by atoms with Gasteiger partial charge in [-0.25, -0.2) is 18.4 Å². The maximum absolute atomic E-state index is 13.1. The maximum Gasteiger partial charge on any atom is 0.267 e. The first kappa shape index (κ1) is 24.8. The van der Waals surface area contributed by atoms with Gasteiger partial charge in [-0.1, -0.05) is 36.4 Å². The molecule has 0 spiro atoms. The number of nitrogens with one attached hydrogen (secondary N) is 1. The molecule has 3 heterocycles. The fourth-order valence-corrected chi connectivity index (χ4v) is 6.23. The van der Waals surface area contributed by atoms with E-state index in [4.69, 9.17) is 4.42 Å². The summed E-state index contributed by atoms with van der Waals surface area (Å²) in [6.45, 7) is 4.02. The van der Waals surface area contributed by atoms with Crippen LogP contribution in [0.25, 0.3) is 17.4 Å². The molecule has 1 saturated heterocycles. The average molecular weight is 549 g/mol. The number of thiazole rings is 1. The van der Waals surface area contributed by atoms with Crippen molar-refractivity contribution in [1.29, 1.82) is 0 Å². The molecule has 1 fully saturated rings. The van der Waals surface area contributed by atoms with E-state index in [9.17, 15) is 13.2 Å². The molecule has 0 atom stereocenters. The van der Waals surface area contributed by atoms with Gasteiger partial charge in [-0.2, -0.15) is 0 Å². The average Bonchev–Trinajstić information content (AvgIpc) is 3.64. The highest BCUT2D eigenvalue weighted by Gasteiger charge is 2.33. The molecule has 37 heavy (non-hydrogen) atoms. The Morgan fingerprint density at radius 1 is 1.08 bits per heavy atom. The summed E-state index contributed by atoms with van der Waals surface area (Å²) in [6.07, 6.45) is 4.84. The van der Waals surface area contributed by atoms with Gasteiger partial charge >= 0.3 is 0 Å². The van der Waals surface area contributed by atoms with Crippen LogP contribution in [0.15, 0.2) is 110 Å². The van der Waals surface area contributed by atoms with Crippen LogP contribution in [0.4, 0.5) is 10.8 Å². The van der Waals surface area contributed by atoms with Crippen molar-refractivity contribution >= 4 is 61.1 Å². The van der Waals surface area contributed by atoms with Gasteiger partial charge in [0.2, 0.25) is 0 Å². The second-order valence-electron chi connectivity index (χ2n) is 7.71. The number of rotatable bonds is 8. The standard InChI is InChI=1S/C26H20N4O4S3/c1-2-15-30-24(31)23(17-20-10-13-22(34-20)18-6-4-3-5-7-18)36-26(30)28-19-8-11-21(12-9-19)37(32,33)29-25-27-14-16-35-25/h2-14,16-17H,1,15H2,(H,27,29). The first-order valence-electron chi connectivity index (χ1n) is 11.0. The Morgan fingerprint density at radius 2 is 1.86 bits per heavy atom. The number of aliphatic imine (C=N–C) groups is 1. The number of amidine groups is 1. The number of carbonyl (C=O) groups excluding carboxylic acids is 1. The molecule has 5 rings (SSSR count). The maximum atomic E-state index is 13.1. The van der Waals surface area contributed by atoms with Gasteiger partial charge in [-0.15, -0.1) is 17.9 Å². The third kappa shape index (κ3) is 5.58. The van der Waals surface area contributed by atoms with Crippen molar-refractivity contribution in [2.75, 3.05) is 11.3 Å². The first-order valence-corrected chi connectivity index (χ1v) is 14.2. The molecule has 2 aromatic heterocycles. The summed E-state index contributed by atoms with van der Waals surface area (Å²) in [5.41, 5.74) is 1.45. The number of sulfonamides is 1. The summed E-state index contributed by atoms with van der Waals surface area (Å²) < 4.78 is 33.5. The van der Waals surface area contributed by atoms with Crippen molar-refractivity contribution in [2.45, 2.75) is 4.90 Å². The molecule has 0 aliphatic carbocycles. The predicted molar refractivity (Wildman–Crippen MR) is 148 cm³/mol. The number of carbonyl (C=O) groups is 1. The van der Waals surface area contributed by atoms with Gasteiger partial charge in [0.25, 0.3) is 15.9 Å². The van der Waals surface area contributed by atoms with Gasteiger partial charge in [-0.3, -0.25) is 14.4 Å². The molecule has 186 valence electrons. The van der Waals surface area contributed by atoms with Crippen LogP contribution < -0.4 is 4.72 Å². The van der Waals surface area contributed by atoms with Gasteiger partial charge < -0.3 is 4.42 Å². The SMILES string of the molecule is C=CCN1C(=O)C(=Cc2ccc(-c3ccccc3)o2)SC1=Nc1ccc(S(=O)(=O)Nc2nccs2)cc1. The van der Waals surface area contributed by atoms with Gasteiger partial charge in [-0.05, 0) is 48.2 Å². The van der Waals surface area contributed by atoms with Crippen molar-refractivity contribution in [3.05, 3.63) is 102 Å². The van der Waals surface area contributed by atoms with Crippen LogP contribution in [0.5, 0.6) is 0 Å². The van der Waals surface area contributed by atoms with Crippen LogP contribution >= 0.6 is 23.1 Å². The lowest BCUT2D eigenvalue weighted by Gasteiger charge is -2.12. The lowest BCUT2D eigenvalue weighted by Crippen LogP contribution is -2.29. The van der Waals surface area contributed by atoms with Gasteiger partial charge in [0.05, 0.1) is 15.5 Å². The second-order valence-corrected chi connectivity index (χ2v) is 11.3. The normalized spacial score (nSPS) is 16.0. The number of thioether (sulfide) groups is 1. The monoisotopic (exact) mass is 548 g/mol. The number of hydrogen-bond acceptors (Lipinski definition) is 8. The Bertz CT molecular complexity index is 1590. The highest BCUT2D eigenvalue weighted by Crippen LogP contribution is 2.35. The zero-order valence-corrected chi connectivity index (χ0v) is 21.7. The second kappa shape index (κ2) is 10.6. The molecule has 1 aliphatic rings. The number of aromatic nitrogens is 1. The van der Waals surface area contributed by atoms with Crippen LogP contribution in [-0.2, 0) is 14.8 Å². The van der Waals surface area contributed by atoms with E-state index in [2.05, 4.69) is 21.3 Å². The number of hydrogen-bond donors (Lipinski definition) is 1. The Morgan fingerprint density at radius 3 is 2.57 bits per heavy atom. The quantitative estimate of drug-likeness (QED) is 0.214. The highest BCUT2D eigenvalue weighted by atomic mass is 32.2. The van der Waals surface area contributed by atoms with Crippen LogP contribution in [0.1, 0.15) is 5.76 Å². The molecule has 4 aromatic rings. The topological polar surface area (TPSA) is 105 Å². The molecule has 0 radical (unpaired) electrons. The van der Waals surface area contributed by atoms with Gasteiger partial charge in [0, 0.05) is 29.8 Å². The van der Waals surface area contributed by atoms with E-state index < -0.39 is 10.0 Å². The molecule has 1 N–H and O–H groups in total. The Hall–Kier alpha value is -3.93. The number of benzene rings is 2. The zero-order valence-electron chi connectivity index (χ0n) is 19.3. The third-order valence-corrected chi connectivity index (χ3v) is 8.36. The smallest absolute Gasteiger partial charge is 0.267 e. The fraction of sp³-hybridized carbons (Fsp3) is 0.0385. The Balaban J connectivity index is 1.37. The lowest BCUT2D eigenvalue weighted by molar-refractivity contribution is -0.121. The summed E-state index contributed by atoms with van der Waals surface area (Å²) in [5, 5.41) is 2.43. The minimum atomic E-state index is -3.77. The number of amides is 1. The Kier molecular flexibility index (Phi) is 7.08. The molecule has 8 nitrogen and oxygen atoms in total. The largest absolute Gasteiger partial charge is 0.457 e. The lowest BCUT2D eigenvalue weighted by atomic mass is 10.2. The van der Waals surface area contributed by atoms with E-state index >= 15 is 0 Å². The molecule has 1 amide bonds. The van der Waals surface area contributed by atoms with Crippen molar-refractivity contribution in [1.82, 2.24) is 9.88 Å². The summed E-state index contributed by atoms with van der Waals surface area (Å²) in [6, 6.07) is 19.5. The van der Waals surface area contributed by atoms with E-state index in [0.29, 0.717) is 27.3 Å². The molecule has 11 heteroatoms. The van der Waals surface area contributed by atoms with E-state index in [0.717, 1.165) is 5.56 Å². The minimum Gasteiger partial charge on any atom is -0.457 e. The summed E-state index contributed by atoms with van der Waals surface area (Å²) in [7, 11) is -3.77. The van der Waals surface area contributed by atoms with Crippen molar-refractivity contribution in [3.63, 3.8) is 0 Å². The van der Waals surface area contributed by atoms with Crippen molar-refractivity contribution < 1.29 is 17.6 Å². The van der Waals surface area contributed by atoms with E-state index in [-0.39, 0.29) is 22.5 Å². The minimum absolute atomic E-state index is 0.0809. The molecular formula is C26H20N4O4S3. The number of anilines is 1. The van der Waals surface area contributed by atoms with Gasteiger partial charge in [0.1, 0.15) is 11.5 Å². The van der Waals surface area contributed by atoms with Crippen molar-refractivity contribution in [2.24, 2.45) is 4.99 Å². The van der Waals surface area contributed by atoms with E-state index in [1.807, 2.05) is 42.5 Å². The van der Waals surface area contributed by atoms with Crippen LogP contribution in [0.2, 0.25) is 0 Å². The van der Waals surface area contributed by atoms with E-state index in [1.54, 1.807) is 29.7 Å². The summed E-state index contributed by atoms with van der Waals surface area (Å²) >= 11 is 2.41. The van der Waals surface area contributed by atoms with Crippen LogP contribution in [0, 0.1) is 0 Å². The summed E-state index contributed by atoms with van der Waals surface area (Å²) in [4.78, 5) is 23.7. The number of furan rings is 1. The molecule has 1 aliphatic heterocycles. The highest BCUT2D eigenvalue weighted by molar-refractivity contribution is 8.18. The number of nitrogens with zero attached hydrogens (tertiary/aromatic N) is 3. The first-order chi connectivity index (χ1) is 17.9. The summed E-state index contributed by atoms with van der Waals surface area (Å²) in [5.74, 6) is 1.05. The molecule has 0 bridgehead atoms.